The minimum atomic E-state index is -2.35. The lowest BCUT2D eigenvalue weighted by Gasteiger charge is -2.24. The summed E-state index contributed by atoms with van der Waals surface area (Å²) < 4.78 is 78.5. The predicted octanol–water partition coefficient (Wildman–Crippen LogP) is 6.05. The number of benzene rings is 3. The van der Waals surface area contributed by atoms with E-state index in [4.69, 9.17) is 9.47 Å². The average molecular weight is 448 g/mol. The number of hydrogen-bond acceptors (Lipinski definition) is 3. The zero-order chi connectivity index (χ0) is 23.4. The molecule has 0 aromatic heterocycles. The van der Waals surface area contributed by atoms with Crippen molar-refractivity contribution < 1.29 is 36.2 Å². The molecule has 2 atom stereocenters. The van der Waals surface area contributed by atoms with Crippen LogP contribution in [0.1, 0.15) is 23.0 Å². The van der Waals surface area contributed by atoms with Gasteiger partial charge in [-0.1, -0.05) is 48.5 Å². The van der Waals surface area contributed by atoms with Gasteiger partial charge in [0.25, 0.3) is 0 Å². The van der Waals surface area contributed by atoms with Crippen molar-refractivity contribution in [3.8, 4) is 11.5 Å². The molecule has 32 heavy (non-hydrogen) atoms. The van der Waals surface area contributed by atoms with Gasteiger partial charge in [0.1, 0.15) is 5.75 Å². The van der Waals surface area contributed by atoms with E-state index in [9.17, 15) is 26.7 Å². The summed E-state index contributed by atoms with van der Waals surface area (Å²) in [6.07, 6.45) is 1.43. The molecule has 166 valence electrons. The molecule has 0 unspecified atom stereocenters. The van der Waals surface area contributed by atoms with E-state index >= 15 is 0 Å². The van der Waals surface area contributed by atoms with Crippen LogP contribution in [-0.4, -0.2) is 13.1 Å². The number of rotatable bonds is 7. The Bertz CT molecular complexity index is 1100. The van der Waals surface area contributed by atoms with Crippen molar-refractivity contribution in [2.24, 2.45) is 0 Å². The van der Waals surface area contributed by atoms with Crippen molar-refractivity contribution in [3.63, 3.8) is 0 Å². The van der Waals surface area contributed by atoms with Gasteiger partial charge in [-0.25, -0.2) is 13.2 Å². The Morgan fingerprint density at radius 2 is 1.34 bits per heavy atom. The Morgan fingerprint density at radius 1 is 0.812 bits per heavy atom. The van der Waals surface area contributed by atoms with Gasteiger partial charge in [0, 0.05) is 5.92 Å². The topological polar surface area (TPSA) is 35.5 Å². The van der Waals surface area contributed by atoms with E-state index < -0.39 is 52.6 Å². The highest BCUT2D eigenvalue weighted by molar-refractivity contribution is 5.82. The SMILES string of the molecule is C=C[C@H](c1ccccc1)[C@H](C(=O)Oc1c(F)c(F)c(F)c(F)c1F)c1ccc(OC)cc1. The van der Waals surface area contributed by atoms with E-state index in [0.29, 0.717) is 16.9 Å². The number of methoxy groups -OCH3 is 1. The number of hydrogen-bond donors (Lipinski definition) is 0. The third-order valence-corrected chi connectivity index (χ3v) is 4.90. The highest BCUT2D eigenvalue weighted by atomic mass is 19.2. The van der Waals surface area contributed by atoms with Crippen LogP contribution in [0, 0.1) is 29.1 Å². The van der Waals surface area contributed by atoms with Crippen molar-refractivity contribution >= 4 is 5.97 Å². The van der Waals surface area contributed by atoms with Crippen molar-refractivity contribution in [1.82, 2.24) is 0 Å². The lowest BCUT2D eigenvalue weighted by Crippen LogP contribution is -2.25. The summed E-state index contributed by atoms with van der Waals surface area (Å²) in [5.41, 5.74) is 0.978. The van der Waals surface area contributed by atoms with Crippen molar-refractivity contribution in [3.05, 3.63) is 107 Å². The zero-order valence-electron chi connectivity index (χ0n) is 16.7. The quantitative estimate of drug-likeness (QED) is 0.110. The highest BCUT2D eigenvalue weighted by Crippen LogP contribution is 2.37. The molecule has 0 bridgehead atoms. The second kappa shape index (κ2) is 9.64. The lowest BCUT2D eigenvalue weighted by molar-refractivity contribution is -0.136. The Labute approximate surface area is 180 Å². The Balaban J connectivity index is 2.09. The minimum absolute atomic E-state index is 0.355. The van der Waals surface area contributed by atoms with Gasteiger partial charge in [-0.15, -0.1) is 6.58 Å². The molecule has 0 N–H and O–H groups in total. The summed E-state index contributed by atoms with van der Waals surface area (Å²) in [5.74, 6) is -15.6. The molecule has 0 amide bonds. The van der Waals surface area contributed by atoms with Crippen molar-refractivity contribution in [2.75, 3.05) is 7.11 Å². The number of allylic oxidation sites excluding steroid dienone is 1. The van der Waals surface area contributed by atoms with Gasteiger partial charge in [-0.3, -0.25) is 4.79 Å². The Kier molecular flexibility index (Phi) is 6.92. The molecule has 0 fully saturated rings. The molecule has 3 nitrogen and oxygen atoms in total. The molecule has 0 spiro atoms. The van der Waals surface area contributed by atoms with E-state index in [1.807, 2.05) is 0 Å². The lowest BCUT2D eigenvalue weighted by atomic mass is 9.81. The van der Waals surface area contributed by atoms with Gasteiger partial charge in [-0.2, -0.15) is 8.78 Å². The monoisotopic (exact) mass is 448 g/mol. The van der Waals surface area contributed by atoms with Gasteiger partial charge < -0.3 is 9.47 Å². The van der Waals surface area contributed by atoms with Gasteiger partial charge in [-0.05, 0) is 23.3 Å². The fourth-order valence-electron chi connectivity index (χ4n) is 3.28. The van der Waals surface area contributed by atoms with Crippen LogP contribution in [0.25, 0.3) is 0 Å². The van der Waals surface area contributed by atoms with Gasteiger partial charge in [0.05, 0.1) is 13.0 Å². The minimum Gasteiger partial charge on any atom is -0.497 e. The third-order valence-electron chi connectivity index (χ3n) is 4.90. The maximum atomic E-state index is 14.1. The molecule has 0 saturated carbocycles. The van der Waals surface area contributed by atoms with E-state index in [1.54, 1.807) is 42.5 Å². The van der Waals surface area contributed by atoms with Crippen LogP contribution < -0.4 is 9.47 Å². The van der Waals surface area contributed by atoms with E-state index in [2.05, 4.69) is 6.58 Å². The first-order valence-electron chi connectivity index (χ1n) is 9.34. The van der Waals surface area contributed by atoms with Crippen LogP contribution >= 0.6 is 0 Å². The second-order valence-electron chi connectivity index (χ2n) is 6.74. The molecular weight excluding hydrogens is 431 g/mol. The molecule has 0 aliphatic rings. The largest absolute Gasteiger partial charge is 0.497 e. The fourth-order valence-corrected chi connectivity index (χ4v) is 3.28. The molecule has 3 aromatic rings. The van der Waals surface area contributed by atoms with Crippen LogP contribution in [0.2, 0.25) is 0 Å². The summed E-state index contributed by atoms with van der Waals surface area (Å²) >= 11 is 0. The molecule has 0 radical (unpaired) electrons. The van der Waals surface area contributed by atoms with Crippen molar-refractivity contribution in [1.29, 1.82) is 0 Å². The number of esters is 1. The van der Waals surface area contributed by atoms with E-state index in [1.165, 1.54) is 25.3 Å². The zero-order valence-corrected chi connectivity index (χ0v) is 16.7. The molecule has 0 heterocycles. The smallest absolute Gasteiger partial charge is 0.319 e. The number of halogens is 5. The van der Waals surface area contributed by atoms with Crippen LogP contribution in [-0.2, 0) is 4.79 Å². The highest BCUT2D eigenvalue weighted by Gasteiger charge is 2.35. The molecular formula is C24H17F5O3. The Morgan fingerprint density at radius 3 is 1.84 bits per heavy atom. The summed E-state index contributed by atoms with van der Waals surface area (Å²) in [7, 11) is 1.44. The maximum absolute atomic E-state index is 14.1. The molecule has 0 aliphatic carbocycles. The maximum Gasteiger partial charge on any atom is 0.319 e. The van der Waals surface area contributed by atoms with Crippen molar-refractivity contribution in [2.45, 2.75) is 11.8 Å². The van der Waals surface area contributed by atoms with E-state index in [0.717, 1.165) is 0 Å². The number of ether oxygens (including phenoxy) is 2. The van der Waals surface area contributed by atoms with Gasteiger partial charge in [0.15, 0.2) is 0 Å². The van der Waals surface area contributed by atoms with Gasteiger partial charge >= 0.3 is 5.97 Å². The first kappa shape index (κ1) is 23.0. The van der Waals surface area contributed by atoms with Crippen LogP contribution in [0.15, 0.2) is 67.3 Å². The molecule has 8 heteroatoms. The fraction of sp³-hybridized carbons (Fsp3) is 0.125. The summed E-state index contributed by atoms with van der Waals surface area (Å²) in [5, 5.41) is 0. The summed E-state index contributed by atoms with van der Waals surface area (Å²) in [4.78, 5) is 13.1. The number of carbonyl (C=O) groups is 1. The average Bonchev–Trinajstić information content (AvgIpc) is 2.83. The predicted molar refractivity (Wildman–Crippen MR) is 107 cm³/mol. The van der Waals surface area contributed by atoms with Crippen LogP contribution in [0.5, 0.6) is 11.5 Å². The third kappa shape index (κ3) is 4.34. The summed E-state index contributed by atoms with van der Waals surface area (Å²) in [6.45, 7) is 3.73. The van der Waals surface area contributed by atoms with Gasteiger partial charge in [0.2, 0.25) is 34.8 Å². The molecule has 3 rings (SSSR count). The van der Waals surface area contributed by atoms with Crippen LogP contribution in [0.3, 0.4) is 0 Å². The van der Waals surface area contributed by atoms with E-state index in [-0.39, 0.29) is 0 Å². The molecule has 0 aliphatic heterocycles. The first-order valence-corrected chi connectivity index (χ1v) is 9.34. The standard InChI is InChI=1S/C24H17F5O3/c1-3-16(13-7-5-4-6-8-13)17(14-9-11-15(31-2)12-10-14)24(30)32-23-21(28)19(26)18(25)20(27)22(23)29/h3-12,16-17H,1H2,2H3/t16-,17-/m1/s1. The molecule has 3 aromatic carbocycles. The Hall–Kier alpha value is -3.68. The second-order valence-corrected chi connectivity index (χ2v) is 6.74. The molecule has 0 saturated heterocycles. The number of carbonyl (C=O) groups excluding carboxylic acids is 1. The summed E-state index contributed by atoms with van der Waals surface area (Å²) in [6, 6.07) is 14.8. The normalized spacial score (nSPS) is 12.7. The first-order chi connectivity index (χ1) is 15.3. The van der Waals surface area contributed by atoms with Crippen LogP contribution in [0.4, 0.5) is 22.0 Å².